The topological polar surface area (TPSA) is 166 Å². The van der Waals surface area contributed by atoms with Gasteiger partial charge in [0.1, 0.15) is 0 Å². The van der Waals surface area contributed by atoms with Crippen molar-refractivity contribution >= 4 is 29.9 Å². The first-order valence-electron chi connectivity index (χ1n) is 14.2. The molecule has 0 spiro atoms. The lowest BCUT2D eigenvalue weighted by atomic mass is 9.81. The fourth-order valence-electron chi connectivity index (χ4n) is 5.52. The number of aromatic amines is 1. The second kappa shape index (κ2) is 14.3. The number of halogens is 1. The molecule has 226 valence electrons. The van der Waals surface area contributed by atoms with E-state index in [0.717, 1.165) is 35.2 Å². The van der Waals surface area contributed by atoms with Gasteiger partial charge in [0.25, 0.3) is 5.91 Å². The number of methoxy groups -OCH3 is 1. The number of nitrogens with one attached hydrogen (secondary N) is 1. The number of nitrogens with zero attached hydrogens (tertiary/aromatic N) is 5. The molecule has 1 saturated carbocycles. The predicted molar refractivity (Wildman–Crippen MR) is 166 cm³/mol. The number of nitrogens with two attached hydrogens (primary N) is 2. The summed E-state index contributed by atoms with van der Waals surface area (Å²) in [6, 6.07) is 17.7. The van der Waals surface area contributed by atoms with Crippen LogP contribution in [0.2, 0.25) is 0 Å². The summed E-state index contributed by atoms with van der Waals surface area (Å²) in [5.41, 5.74) is 17.3. The number of rotatable bonds is 9. The lowest BCUT2D eigenvalue weighted by Crippen LogP contribution is -2.50. The number of ether oxygens (including phenoxy) is 1. The number of benzene rings is 2. The van der Waals surface area contributed by atoms with E-state index in [1.165, 1.54) is 4.90 Å². The van der Waals surface area contributed by atoms with Crippen LogP contribution in [0.1, 0.15) is 36.9 Å². The van der Waals surface area contributed by atoms with E-state index in [1.807, 2.05) is 43.3 Å². The van der Waals surface area contributed by atoms with Crippen molar-refractivity contribution in [3.05, 3.63) is 71.9 Å². The summed E-state index contributed by atoms with van der Waals surface area (Å²) < 4.78 is 5.21. The summed E-state index contributed by atoms with van der Waals surface area (Å²) >= 11 is 0. The Labute approximate surface area is 256 Å². The van der Waals surface area contributed by atoms with Gasteiger partial charge in [0, 0.05) is 28.8 Å². The largest absolute Gasteiger partial charge is 0.481 e. The van der Waals surface area contributed by atoms with Crippen LogP contribution in [0, 0.1) is 18.8 Å². The van der Waals surface area contributed by atoms with Crippen LogP contribution in [0.25, 0.3) is 22.5 Å². The number of imide groups is 1. The van der Waals surface area contributed by atoms with E-state index in [2.05, 4.69) is 25.6 Å². The highest BCUT2D eigenvalue weighted by Crippen LogP contribution is 2.32. The van der Waals surface area contributed by atoms with Crippen molar-refractivity contribution in [2.75, 3.05) is 18.6 Å². The smallest absolute Gasteiger partial charge is 0.251 e. The van der Waals surface area contributed by atoms with Crippen molar-refractivity contribution in [2.24, 2.45) is 23.3 Å². The molecule has 1 fully saturated rings. The maximum absolute atomic E-state index is 13.9. The van der Waals surface area contributed by atoms with Gasteiger partial charge in [0.05, 0.1) is 18.8 Å². The van der Waals surface area contributed by atoms with E-state index in [1.54, 1.807) is 31.4 Å². The first-order valence-corrected chi connectivity index (χ1v) is 14.2. The molecule has 0 unspecified atom stereocenters. The number of tetrazole rings is 1. The number of hydrogen-bond acceptors (Lipinski definition) is 9. The zero-order valence-electron chi connectivity index (χ0n) is 24.3. The number of carbonyl (C=O) groups excluding carboxylic acids is 2. The van der Waals surface area contributed by atoms with Crippen molar-refractivity contribution in [2.45, 2.75) is 45.1 Å². The van der Waals surface area contributed by atoms with Crippen LogP contribution in [0.15, 0.2) is 60.7 Å². The van der Waals surface area contributed by atoms with E-state index >= 15 is 0 Å². The number of hydrogen-bond donors (Lipinski definition) is 3. The fourth-order valence-corrected chi connectivity index (χ4v) is 5.52. The summed E-state index contributed by atoms with van der Waals surface area (Å²) in [5, 5.41) is 14.0. The number of amides is 2. The van der Waals surface area contributed by atoms with E-state index in [0.29, 0.717) is 48.3 Å². The Hall–Kier alpha value is -4.19. The molecule has 1 aliphatic carbocycles. The molecule has 2 aromatic carbocycles. The fraction of sp³-hybridized carbons (Fsp3) is 0.355. The number of carbonyl (C=O) groups is 2. The quantitative estimate of drug-likeness (QED) is 0.257. The van der Waals surface area contributed by atoms with Crippen molar-refractivity contribution in [1.29, 1.82) is 0 Å². The Morgan fingerprint density at radius 1 is 1.00 bits per heavy atom. The first-order chi connectivity index (χ1) is 20.4. The number of H-pyrrole nitrogens is 1. The average molecular weight is 605 g/mol. The van der Waals surface area contributed by atoms with Crippen LogP contribution in [0.3, 0.4) is 0 Å². The number of aryl methyl sites for hydroxylation is 1. The minimum absolute atomic E-state index is 0. The summed E-state index contributed by atoms with van der Waals surface area (Å²) in [7, 11) is 1.59. The highest BCUT2D eigenvalue weighted by molar-refractivity contribution is 6.17. The lowest BCUT2D eigenvalue weighted by Gasteiger charge is -2.32. The molecule has 43 heavy (non-hydrogen) atoms. The van der Waals surface area contributed by atoms with Gasteiger partial charge in [-0.25, -0.2) is 9.88 Å². The van der Waals surface area contributed by atoms with Gasteiger partial charge in [-0.05, 0) is 98.2 Å². The van der Waals surface area contributed by atoms with Gasteiger partial charge in [-0.3, -0.25) is 9.59 Å². The molecular formula is C31H37ClN8O3. The van der Waals surface area contributed by atoms with Gasteiger partial charge in [-0.1, -0.05) is 24.3 Å². The monoisotopic (exact) mass is 604 g/mol. The average Bonchev–Trinajstić information content (AvgIpc) is 3.57. The highest BCUT2D eigenvalue weighted by atomic mass is 35.5. The molecule has 5 N–H and O–H groups in total. The molecule has 11 nitrogen and oxygen atoms in total. The summed E-state index contributed by atoms with van der Waals surface area (Å²) in [6.45, 7) is 2.54. The molecule has 0 bridgehead atoms. The summed E-state index contributed by atoms with van der Waals surface area (Å²) in [4.78, 5) is 33.4. The van der Waals surface area contributed by atoms with Crippen molar-refractivity contribution in [3.8, 4) is 28.4 Å². The number of pyridine rings is 1. The zero-order valence-corrected chi connectivity index (χ0v) is 25.1. The molecule has 2 amide bonds. The van der Waals surface area contributed by atoms with Gasteiger partial charge >= 0.3 is 0 Å². The Morgan fingerprint density at radius 3 is 2.26 bits per heavy atom. The maximum Gasteiger partial charge on any atom is 0.251 e. The minimum Gasteiger partial charge on any atom is -0.481 e. The minimum atomic E-state index is -0.915. The van der Waals surface area contributed by atoms with Crippen molar-refractivity contribution < 1.29 is 14.3 Å². The van der Waals surface area contributed by atoms with Gasteiger partial charge in [-0.15, -0.1) is 22.6 Å². The van der Waals surface area contributed by atoms with Crippen LogP contribution < -0.4 is 21.1 Å². The first kappa shape index (κ1) is 31.7. The molecule has 5 rings (SSSR count). The Bertz CT molecular complexity index is 1510. The van der Waals surface area contributed by atoms with Crippen LogP contribution in [-0.4, -0.2) is 57.1 Å². The molecule has 1 atom stereocenters. The molecule has 12 heteroatoms. The summed E-state index contributed by atoms with van der Waals surface area (Å²) in [6.07, 6.45) is 3.41. The molecule has 4 aromatic rings. The predicted octanol–water partition coefficient (Wildman–Crippen LogP) is 3.86. The van der Waals surface area contributed by atoms with Gasteiger partial charge < -0.3 is 16.2 Å². The number of anilines is 1. The van der Waals surface area contributed by atoms with Crippen molar-refractivity contribution in [3.63, 3.8) is 0 Å². The third-order valence-corrected chi connectivity index (χ3v) is 8.01. The van der Waals surface area contributed by atoms with Crippen LogP contribution in [0.5, 0.6) is 5.88 Å². The maximum atomic E-state index is 13.9. The Morgan fingerprint density at radius 2 is 1.67 bits per heavy atom. The van der Waals surface area contributed by atoms with E-state index in [4.69, 9.17) is 16.2 Å². The van der Waals surface area contributed by atoms with Crippen LogP contribution >= 0.6 is 12.4 Å². The van der Waals surface area contributed by atoms with Crippen LogP contribution in [-0.2, 0) is 16.0 Å². The lowest BCUT2D eigenvalue weighted by molar-refractivity contribution is -0.130. The van der Waals surface area contributed by atoms with Crippen LogP contribution in [0.4, 0.5) is 5.69 Å². The molecule has 0 aliphatic heterocycles. The van der Waals surface area contributed by atoms with Gasteiger partial charge in [0.15, 0.2) is 0 Å². The normalized spacial score (nSPS) is 17.0. The Kier molecular flexibility index (Phi) is 10.6. The molecule has 2 heterocycles. The molecule has 1 aliphatic rings. The van der Waals surface area contributed by atoms with Gasteiger partial charge in [0.2, 0.25) is 17.6 Å². The molecule has 0 saturated heterocycles. The second-order valence-electron chi connectivity index (χ2n) is 10.7. The standard InChI is InChI=1S/C31H36N8O3.ClH/c1-19-26(15-16-28(34-19)42-2)22-7-3-20(4-8-22)17-27(33)31(41)39(30(40)24-9-5-21(18-32)6-10-24)25-13-11-23(12-14-25)29-35-37-38-36-29;/h3-4,7-8,11-16,21,24,27H,5-6,9-10,17-18,32-33H2,1-2H3,(H,35,36,37,38);1H/t21?,24?,27-;/m0./s1. The SMILES string of the molecule is COc1ccc(-c2ccc(C[C@H](N)C(=O)N(C(=O)C3CCC(CN)CC3)c3ccc(-c4nn[nH]n4)cc3)cc2)c(C)n1.Cl. The third kappa shape index (κ3) is 7.24. The second-order valence-corrected chi connectivity index (χ2v) is 10.7. The highest BCUT2D eigenvalue weighted by Gasteiger charge is 2.35. The molecule has 2 aromatic heterocycles. The zero-order chi connectivity index (χ0) is 29.6. The van der Waals surface area contributed by atoms with E-state index < -0.39 is 11.9 Å². The van der Waals surface area contributed by atoms with E-state index in [9.17, 15) is 9.59 Å². The Balaban J connectivity index is 0.00000423. The van der Waals surface area contributed by atoms with Gasteiger partial charge in [-0.2, -0.15) is 5.21 Å². The third-order valence-electron chi connectivity index (χ3n) is 8.01. The molecule has 0 radical (unpaired) electrons. The number of aromatic nitrogens is 5. The van der Waals surface area contributed by atoms with E-state index in [-0.39, 0.29) is 30.7 Å². The molecular weight excluding hydrogens is 568 g/mol. The van der Waals surface area contributed by atoms with Crippen molar-refractivity contribution in [1.82, 2.24) is 25.6 Å². The summed E-state index contributed by atoms with van der Waals surface area (Å²) in [5.74, 6) is 0.472.